The maximum atomic E-state index is 12.5. The summed E-state index contributed by atoms with van der Waals surface area (Å²) in [4.78, 5) is 36.9. The number of hydrogen-bond acceptors (Lipinski definition) is 4. The fourth-order valence-corrected chi connectivity index (χ4v) is 2.26. The Balaban J connectivity index is 5.06. The zero-order valence-electron chi connectivity index (χ0n) is 14.9. The van der Waals surface area contributed by atoms with Crippen LogP contribution in [0.2, 0.25) is 0 Å². The van der Waals surface area contributed by atoms with Gasteiger partial charge in [-0.1, -0.05) is 40.0 Å². The van der Waals surface area contributed by atoms with Gasteiger partial charge < -0.3 is 10.2 Å². The van der Waals surface area contributed by atoms with Crippen molar-refractivity contribution in [2.45, 2.75) is 52.5 Å². The van der Waals surface area contributed by atoms with Crippen LogP contribution in [0.4, 0.5) is 0 Å². The molecule has 0 aromatic heterocycles. The first-order chi connectivity index (χ1) is 10.8. The number of unbranched alkanes of at least 4 members (excludes halogenated alkanes) is 1. The molecule has 0 rings (SSSR count). The Morgan fingerprint density at radius 3 is 2.30 bits per heavy atom. The number of likely N-dealkylation sites (N-methyl/N-ethyl adjacent to an activating group) is 1. The molecule has 23 heavy (non-hydrogen) atoms. The smallest absolute Gasteiger partial charge is 0.244 e. The average molecular weight is 329 g/mol. The van der Waals surface area contributed by atoms with Crippen molar-refractivity contribution in [3.05, 3.63) is 0 Å². The summed E-state index contributed by atoms with van der Waals surface area (Å²) in [5.74, 6) is -0.998. The van der Waals surface area contributed by atoms with E-state index in [2.05, 4.69) is 5.32 Å². The minimum atomic E-state index is -0.602. The van der Waals surface area contributed by atoms with Crippen molar-refractivity contribution in [1.29, 1.82) is 0 Å². The summed E-state index contributed by atoms with van der Waals surface area (Å²) in [6.07, 6.45) is 3.30. The summed E-state index contributed by atoms with van der Waals surface area (Å²) >= 11 is 0. The van der Waals surface area contributed by atoms with E-state index in [9.17, 15) is 19.6 Å². The molecule has 3 amide bonds. The second-order valence-corrected chi connectivity index (χ2v) is 6.17. The van der Waals surface area contributed by atoms with Crippen LogP contribution in [0.5, 0.6) is 0 Å². The van der Waals surface area contributed by atoms with E-state index in [-0.39, 0.29) is 30.7 Å². The van der Waals surface area contributed by atoms with Crippen molar-refractivity contribution >= 4 is 18.2 Å². The minimum Gasteiger partial charge on any atom is -0.347 e. The summed E-state index contributed by atoms with van der Waals surface area (Å²) in [7, 11) is 3.31. The number of amides is 3. The van der Waals surface area contributed by atoms with Crippen LogP contribution in [0.15, 0.2) is 0 Å². The highest BCUT2D eigenvalue weighted by Crippen LogP contribution is 2.14. The SMILES string of the molecule is CCCC[C@H](CN(O)C=O)C(=O)N[C@H](C(=O)N(C)C)[C@@H](C)CC. The van der Waals surface area contributed by atoms with Crippen LogP contribution in [-0.2, 0) is 14.4 Å². The quantitative estimate of drug-likeness (QED) is 0.339. The topological polar surface area (TPSA) is 90.0 Å². The molecule has 134 valence electrons. The first-order valence-corrected chi connectivity index (χ1v) is 8.20. The highest BCUT2D eigenvalue weighted by atomic mass is 16.5. The van der Waals surface area contributed by atoms with Gasteiger partial charge in [0.25, 0.3) is 0 Å². The first kappa shape index (κ1) is 21.4. The molecule has 2 N–H and O–H groups in total. The van der Waals surface area contributed by atoms with Crippen LogP contribution in [-0.4, -0.2) is 60.1 Å². The molecule has 0 aromatic carbocycles. The molecule has 0 spiro atoms. The molecule has 0 bridgehead atoms. The average Bonchev–Trinajstić information content (AvgIpc) is 2.54. The molecule has 0 aliphatic heterocycles. The lowest BCUT2D eigenvalue weighted by Crippen LogP contribution is -2.52. The predicted molar refractivity (Wildman–Crippen MR) is 87.7 cm³/mol. The van der Waals surface area contributed by atoms with Crippen molar-refractivity contribution in [2.75, 3.05) is 20.6 Å². The van der Waals surface area contributed by atoms with E-state index in [4.69, 9.17) is 0 Å². The van der Waals surface area contributed by atoms with E-state index < -0.39 is 12.0 Å². The predicted octanol–water partition coefficient (Wildman–Crippen LogP) is 1.26. The summed E-state index contributed by atoms with van der Waals surface area (Å²) in [6.45, 7) is 5.81. The van der Waals surface area contributed by atoms with E-state index in [1.54, 1.807) is 14.1 Å². The Labute approximate surface area is 139 Å². The summed E-state index contributed by atoms with van der Waals surface area (Å²) in [6, 6.07) is -0.602. The maximum absolute atomic E-state index is 12.5. The number of carbonyl (C=O) groups is 3. The Hall–Kier alpha value is -1.63. The van der Waals surface area contributed by atoms with Crippen LogP contribution >= 0.6 is 0 Å². The minimum absolute atomic E-state index is 0.00280. The molecular formula is C16H31N3O4. The van der Waals surface area contributed by atoms with Crippen molar-refractivity contribution in [3.8, 4) is 0 Å². The second kappa shape index (κ2) is 11.0. The molecule has 0 aliphatic carbocycles. The number of nitrogens with zero attached hydrogens (tertiary/aromatic N) is 2. The maximum Gasteiger partial charge on any atom is 0.244 e. The van der Waals surface area contributed by atoms with Crippen molar-refractivity contribution in [1.82, 2.24) is 15.3 Å². The second-order valence-electron chi connectivity index (χ2n) is 6.17. The first-order valence-electron chi connectivity index (χ1n) is 8.20. The molecule has 0 saturated heterocycles. The van der Waals surface area contributed by atoms with Gasteiger partial charge in [0.2, 0.25) is 18.2 Å². The third kappa shape index (κ3) is 7.45. The molecule has 0 heterocycles. The normalized spacial score (nSPS) is 14.5. The highest BCUT2D eigenvalue weighted by Gasteiger charge is 2.30. The lowest BCUT2D eigenvalue weighted by atomic mass is 9.95. The number of hydroxylamine groups is 2. The third-order valence-electron chi connectivity index (χ3n) is 4.02. The van der Waals surface area contributed by atoms with E-state index >= 15 is 0 Å². The van der Waals surface area contributed by atoms with Crippen LogP contribution < -0.4 is 5.32 Å². The molecule has 0 fully saturated rings. The Bertz CT molecular complexity index is 388. The van der Waals surface area contributed by atoms with Gasteiger partial charge in [-0.15, -0.1) is 0 Å². The number of nitrogens with one attached hydrogen (secondary N) is 1. The van der Waals surface area contributed by atoms with Gasteiger partial charge in [-0.2, -0.15) is 0 Å². The molecule has 7 heteroatoms. The van der Waals surface area contributed by atoms with Crippen molar-refractivity contribution < 1.29 is 19.6 Å². The van der Waals surface area contributed by atoms with Gasteiger partial charge in [-0.25, -0.2) is 5.06 Å². The largest absolute Gasteiger partial charge is 0.347 e. The van der Waals surface area contributed by atoms with E-state index in [1.165, 1.54) is 4.90 Å². The molecule has 0 unspecified atom stereocenters. The monoisotopic (exact) mass is 329 g/mol. The molecule has 0 aliphatic rings. The zero-order valence-corrected chi connectivity index (χ0v) is 14.9. The van der Waals surface area contributed by atoms with Gasteiger partial charge in [-0.05, 0) is 12.3 Å². The molecule has 7 nitrogen and oxygen atoms in total. The van der Waals surface area contributed by atoms with Gasteiger partial charge in [0.15, 0.2) is 0 Å². The fourth-order valence-electron chi connectivity index (χ4n) is 2.26. The number of rotatable bonds is 11. The van der Waals surface area contributed by atoms with E-state index in [0.29, 0.717) is 11.5 Å². The molecular weight excluding hydrogens is 298 g/mol. The molecule has 0 radical (unpaired) electrons. The summed E-state index contributed by atoms with van der Waals surface area (Å²) < 4.78 is 0. The molecule has 3 atom stereocenters. The van der Waals surface area contributed by atoms with Gasteiger partial charge in [0, 0.05) is 14.1 Å². The Morgan fingerprint density at radius 1 is 1.26 bits per heavy atom. The van der Waals surface area contributed by atoms with Crippen LogP contribution in [0.3, 0.4) is 0 Å². The Morgan fingerprint density at radius 2 is 1.87 bits per heavy atom. The lowest BCUT2D eigenvalue weighted by Gasteiger charge is -2.28. The zero-order chi connectivity index (χ0) is 18.0. The molecule has 0 saturated carbocycles. The van der Waals surface area contributed by atoms with Crippen LogP contribution in [0, 0.1) is 11.8 Å². The standard InChI is InChI=1S/C16H31N3O4/c1-6-8-9-13(10-19(23)11-20)15(21)17-14(12(3)7-2)16(22)18(4)5/h11-14,23H,6-10H2,1-5H3,(H,17,21)/t12-,13+,14-/m0/s1. The summed E-state index contributed by atoms with van der Waals surface area (Å²) in [5, 5.41) is 12.7. The fraction of sp³-hybridized carbons (Fsp3) is 0.812. The van der Waals surface area contributed by atoms with Crippen molar-refractivity contribution in [3.63, 3.8) is 0 Å². The number of hydrogen-bond donors (Lipinski definition) is 2. The molecule has 0 aromatic rings. The van der Waals surface area contributed by atoms with Gasteiger partial charge >= 0.3 is 0 Å². The van der Waals surface area contributed by atoms with Gasteiger partial charge in [-0.3, -0.25) is 19.6 Å². The van der Waals surface area contributed by atoms with E-state index in [0.717, 1.165) is 19.3 Å². The lowest BCUT2D eigenvalue weighted by molar-refractivity contribution is -0.155. The highest BCUT2D eigenvalue weighted by molar-refractivity contribution is 5.88. The van der Waals surface area contributed by atoms with E-state index in [1.807, 2.05) is 20.8 Å². The van der Waals surface area contributed by atoms with Crippen LogP contribution in [0.25, 0.3) is 0 Å². The third-order valence-corrected chi connectivity index (χ3v) is 4.02. The van der Waals surface area contributed by atoms with Crippen LogP contribution in [0.1, 0.15) is 46.5 Å². The van der Waals surface area contributed by atoms with Gasteiger partial charge in [0.05, 0.1) is 12.5 Å². The number of carbonyl (C=O) groups excluding carboxylic acids is 3. The van der Waals surface area contributed by atoms with Gasteiger partial charge in [0.1, 0.15) is 6.04 Å². The van der Waals surface area contributed by atoms with Crippen molar-refractivity contribution in [2.24, 2.45) is 11.8 Å². The Kier molecular flexibility index (Phi) is 10.2. The summed E-state index contributed by atoms with van der Waals surface area (Å²) in [5.41, 5.74) is 0.